The Balaban J connectivity index is 0.00000576. The predicted octanol–water partition coefficient (Wildman–Crippen LogP) is 4.07. The van der Waals surface area contributed by atoms with Gasteiger partial charge in [0.2, 0.25) is 0 Å². The quantitative estimate of drug-likeness (QED) is 0.210. The number of guanidine groups is 1. The summed E-state index contributed by atoms with van der Waals surface area (Å²) in [4.78, 5) is 4.22. The van der Waals surface area contributed by atoms with Crippen LogP contribution in [0.2, 0.25) is 0 Å². The van der Waals surface area contributed by atoms with E-state index in [9.17, 15) is 0 Å². The summed E-state index contributed by atoms with van der Waals surface area (Å²) >= 11 is 0. The van der Waals surface area contributed by atoms with Crippen LogP contribution in [0, 0.1) is 0 Å². The maximum atomic E-state index is 5.54. The molecule has 0 aromatic carbocycles. The third-order valence-electron chi connectivity index (χ3n) is 4.03. The van der Waals surface area contributed by atoms with Gasteiger partial charge in [0.1, 0.15) is 0 Å². The van der Waals surface area contributed by atoms with Crippen LogP contribution >= 0.6 is 24.0 Å². The van der Waals surface area contributed by atoms with Gasteiger partial charge in [-0.2, -0.15) is 0 Å². The molecule has 0 fully saturated rings. The third kappa shape index (κ3) is 10.0. The summed E-state index contributed by atoms with van der Waals surface area (Å²) in [6, 6.07) is 2.04. The lowest BCUT2D eigenvalue weighted by Crippen LogP contribution is -2.37. The molecule has 0 aliphatic heterocycles. The number of ether oxygens (including phenoxy) is 1. The Morgan fingerprint density at radius 1 is 1.20 bits per heavy atom. The molecule has 2 N–H and O–H groups in total. The van der Waals surface area contributed by atoms with Crippen LogP contribution in [0.15, 0.2) is 15.6 Å². The van der Waals surface area contributed by atoms with E-state index >= 15 is 0 Å². The van der Waals surface area contributed by atoms with Gasteiger partial charge in [-0.15, -0.1) is 24.0 Å². The summed E-state index contributed by atoms with van der Waals surface area (Å²) in [6.07, 6.45) is 5.44. The van der Waals surface area contributed by atoms with E-state index in [4.69, 9.17) is 9.26 Å². The molecular weight excluding hydrogens is 431 g/mol. The highest BCUT2D eigenvalue weighted by atomic mass is 127. The van der Waals surface area contributed by atoms with Crippen LogP contribution in [0.1, 0.15) is 70.2 Å². The monoisotopic (exact) mass is 466 g/mol. The van der Waals surface area contributed by atoms with E-state index in [2.05, 4.69) is 41.6 Å². The molecule has 1 aromatic heterocycles. The van der Waals surface area contributed by atoms with Crippen LogP contribution in [-0.2, 0) is 11.3 Å². The minimum atomic E-state index is 0. The van der Waals surface area contributed by atoms with E-state index in [0.29, 0.717) is 12.5 Å². The fourth-order valence-electron chi connectivity index (χ4n) is 2.43. The largest absolute Gasteiger partial charge is 0.381 e. The second kappa shape index (κ2) is 15.4. The van der Waals surface area contributed by atoms with Gasteiger partial charge in [-0.25, -0.2) is 0 Å². The maximum absolute atomic E-state index is 5.54. The van der Waals surface area contributed by atoms with Crippen LogP contribution in [0.3, 0.4) is 0 Å². The molecule has 1 heterocycles. The van der Waals surface area contributed by atoms with Gasteiger partial charge < -0.3 is 19.9 Å². The van der Waals surface area contributed by atoms with Crippen LogP contribution in [0.4, 0.5) is 0 Å². The zero-order valence-electron chi connectivity index (χ0n) is 16.1. The molecular formula is C18H35IN4O2. The molecule has 25 heavy (non-hydrogen) atoms. The number of nitrogens with one attached hydrogen (secondary N) is 2. The molecule has 0 aliphatic rings. The summed E-state index contributed by atoms with van der Waals surface area (Å²) in [5.41, 5.74) is 1.05. The summed E-state index contributed by atoms with van der Waals surface area (Å²) in [5.74, 6) is 2.08. The normalized spacial score (nSPS) is 11.5. The van der Waals surface area contributed by atoms with Gasteiger partial charge in [0, 0.05) is 38.8 Å². The minimum absolute atomic E-state index is 0. The molecule has 6 nitrogen and oxygen atoms in total. The van der Waals surface area contributed by atoms with E-state index in [1.54, 1.807) is 7.05 Å². The van der Waals surface area contributed by atoms with Crippen molar-refractivity contribution in [1.29, 1.82) is 0 Å². The van der Waals surface area contributed by atoms with Crippen molar-refractivity contribution in [3.63, 3.8) is 0 Å². The van der Waals surface area contributed by atoms with Gasteiger partial charge in [-0.1, -0.05) is 32.3 Å². The zero-order chi connectivity index (χ0) is 17.6. The lowest BCUT2D eigenvalue weighted by atomic mass is 9.99. The van der Waals surface area contributed by atoms with Crippen molar-refractivity contribution >= 4 is 29.9 Å². The number of aliphatic imine (C=N–C) groups is 1. The summed E-state index contributed by atoms with van der Waals surface area (Å²) in [5, 5.41) is 10.7. The number of hydrogen-bond donors (Lipinski definition) is 2. The standard InChI is InChI=1S/C18H34N4O2.HI/c1-5-8-11-23-12-9-10-20-18(19-4)21-14-16-13-17(22-24-16)15(6-2)7-3;/h13,15H,5-12,14H2,1-4H3,(H2,19,20,21);1H. The molecule has 0 radical (unpaired) electrons. The molecule has 1 rings (SSSR count). The number of aromatic nitrogens is 1. The van der Waals surface area contributed by atoms with E-state index in [0.717, 1.165) is 62.9 Å². The molecule has 0 spiro atoms. The van der Waals surface area contributed by atoms with Crippen molar-refractivity contribution in [3.8, 4) is 0 Å². The van der Waals surface area contributed by atoms with Gasteiger partial charge in [-0.3, -0.25) is 4.99 Å². The predicted molar refractivity (Wildman–Crippen MR) is 114 cm³/mol. The Morgan fingerprint density at radius 2 is 1.92 bits per heavy atom. The van der Waals surface area contributed by atoms with Gasteiger partial charge in [0.05, 0.1) is 12.2 Å². The summed E-state index contributed by atoms with van der Waals surface area (Å²) in [7, 11) is 1.77. The molecule has 0 aliphatic carbocycles. The Kier molecular flexibility index (Phi) is 14.9. The molecule has 0 unspecified atom stereocenters. The third-order valence-corrected chi connectivity index (χ3v) is 4.03. The molecule has 0 saturated heterocycles. The SMILES string of the molecule is CCCCOCCCNC(=NC)NCc1cc(C(CC)CC)no1.I. The van der Waals surface area contributed by atoms with Crippen molar-refractivity contribution in [2.45, 2.75) is 65.3 Å². The molecule has 1 aromatic rings. The second-order valence-corrected chi connectivity index (χ2v) is 5.90. The molecule has 0 saturated carbocycles. The van der Waals surface area contributed by atoms with Crippen molar-refractivity contribution in [2.75, 3.05) is 26.8 Å². The fourth-order valence-corrected chi connectivity index (χ4v) is 2.43. The first-order valence-corrected chi connectivity index (χ1v) is 9.22. The lowest BCUT2D eigenvalue weighted by molar-refractivity contribution is 0.129. The van der Waals surface area contributed by atoms with Crippen molar-refractivity contribution < 1.29 is 9.26 Å². The first-order chi connectivity index (χ1) is 11.7. The van der Waals surface area contributed by atoms with Crippen molar-refractivity contribution in [2.24, 2.45) is 4.99 Å². The number of nitrogens with zero attached hydrogens (tertiary/aromatic N) is 2. The van der Waals surface area contributed by atoms with E-state index in [1.165, 1.54) is 6.42 Å². The van der Waals surface area contributed by atoms with Crippen LogP contribution < -0.4 is 10.6 Å². The first-order valence-electron chi connectivity index (χ1n) is 9.22. The zero-order valence-corrected chi connectivity index (χ0v) is 18.5. The highest BCUT2D eigenvalue weighted by molar-refractivity contribution is 14.0. The van der Waals surface area contributed by atoms with Gasteiger partial charge in [0.15, 0.2) is 11.7 Å². The number of halogens is 1. The van der Waals surface area contributed by atoms with Crippen LogP contribution in [0.25, 0.3) is 0 Å². The van der Waals surface area contributed by atoms with Gasteiger partial charge in [0.25, 0.3) is 0 Å². The Bertz CT molecular complexity index is 462. The van der Waals surface area contributed by atoms with Crippen LogP contribution in [0.5, 0.6) is 0 Å². The second-order valence-electron chi connectivity index (χ2n) is 5.90. The van der Waals surface area contributed by atoms with Crippen LogP contribution in [-0.4, -0.2) is 37.9 Å². The smallest absolute Gasteiger partial charge is 0.191 e. The van der Waals surface area contributed by atoms with Crippen molar-refractivity contribution in [1.82, 2.24) is 15.8 Å². The number of unbranched alkanes of at least 4 members (excludes halogenated alkanes) is 1. The Labute approximate surface area is 169 Å². The summed E-state index contributed by atoms with van der Waals surface area (Å²) in [6.45, 7) is 9.58. The fraction of sp³-hybridized carbons (Fsp3) is 0.778. The van der Waals surface area contributed by atoms with E-state index in [-0.39, 0.29) is 24.0 Å². The van der Waals surface area contributed by atoms with E-state index in [1.807, 2.05) is 6.07 Å². The number of rotatable bonds is 12. The number of hydrogen-bond acceptors (Lipinski definition) is 4. The highest BCUT2D eigenvalue weighted by Crippen LogP contribution is 2.22. The van der Waals surface area contributed by atoms with E-state index < -0.39 is 0 Å². The van der Waals surface area contributed by atoms with Gasteiger partial charge in [-0.05, 0) is 25.7 Å². The minimum Gasteiger partial charge on any atom is -0.381 e. The lowest BCUT2D eigenvalue weighted by Gasteiger charge is -2.10. The average molecular weight is 466 g/mol. The highest BCUT2D eigenvalue weighted by Gasteiger charge is 2.13. The van der Waals surface area contributed by atoms with Gasteiger partial charge >= 0.3 is 0 Å². The Hall–Kier alpha value is -0.830. The first kappa shape index (κ1) is 24.2. The Morgan fingerprint density at radius 3 is 2.56 bits per heavy atom. The average Bonchev–Trinajstić information content (AvgIpc) is 3.06. The molecule has 0 amide bonds. The van der Waals surface area contributed by atoms with Crippen molar-refractivity contribution in [3.05, 3.63) is 17.5 Å². The molecule has 0 bridgehead atoms. The molecule has 146 valence electrons. The summed E-state index contributed by atoms with van der Waals surface area (Å²) < 4.78 is 11.0. The molecule has 0 atom stereocenters. The molecule has 7 heteroatoms. The maximum Gasteiger partial charge on any atom is 0.191 e. The topological polar surface area (TPSA) is 71.7 Å².